The van der Waals surface area contributed by atoms with Crippen LogP contribution in [0.25, 0.3) is 0 Å². The Hall–Kier alpha value is -1.50. The van der Waals surface area contributed by atoms with Crippen molar-refractivity contribution in [1.82, 2.24) is 0 Å². The minimum atomic E-state index is 0.850. The molecule has 0 aliphatic rings. The number of hydrogen-bond acceptors (Lipinski definition) is 1. The van der Waals surface area contributed by atoms with Crippen LogP contribution in [0.5, 0.6) is 0 Å². The number of allylic oxidation sites excluding steroid dienone is 3. The van der Waals surface area contributed by atoms with Gasteiger partial charge in [0.15, 0.2) is 0 Å². The number of hydrogen-bond donors (Lipinski definition) is 1. The van der Waals surface area contributed by atoms with Crippen LogP contribution in [-0.2, 0) is 6.42 Å². The van der Waals surface area contributed by atoms with Gasteiger partial charge in [0.1, 0.15) is 0 Å². The van der Waals surface area contributed by atoms with Crippen molar-refractivity contribution in [2.24, 2.45) is 5.73 Å². The Balaban J connectivity index is 2.73. The van der Waals surface area contributed by atoms with Crippen LogP contribution >= 0.6 is 0 Å². The quantitative estimate of drug-likeness (QED) is 0.762. The highest BCUT2D eigenvalue weighted by molar-refractivity contribution is 5.33. The van der Waals surface area contributed by atoms with Gasteiger partial charge in [0, 0.05) is 5.70 Å². The molecule has 1 aromatic carbocycles. The Morgan fingerprint density at radius 1 is 1.31 bits per heavy atom. The van der Waals surface area contributed by atoms with E-state index in [-0.39, 0.29) is 0 Å². The SMILES string of the molecule is CC/C=C\C(N)=C/Cc1cc(C)ccc1C. The van der Waals surface area contributed by atoms with Gasteiger partial charge >= 0.3 is 0 Å². The molecule has 0 aromatic heterocycles. The summed E-state index contributed by atoms with van der Waals surface area (Å²) in [4.78, 5) is 0. The Kier molecular flexibility index (Phi) is 4.84. The molecule has 0 radical (unpaired) electrons. The van der Waals surface area contributed by atoms with Crippen LogP contribution in [-0.4, -0.2) is 0 Å². The van der Waals surface area contributed by atoms with E-state index in [4.69, 9.17) is 5.73 Å². The molecular formula is C15H21N. The standard InChI is InChI=1S/C15H21N/c1-4-5-6-15(16)10-9-14-11-12(2)7-8-13(14)3/h5-8,10-11H,4,9,16H2,1-3H3/b6-5-,15-10+. The summed E-state index contributed by atoms with van der Waals surface area (Å²) in [6.07, 6.45) is 8.07. The summed E-state index contributed by atoms with van der Waals surface area (Å²) in [7, 11) is 0. The van der Waals surface area contributed by atoms with E-state index in [1.54, 1.807) is 0 Å². The van der Waals surface area contributed by atoms with Crippen LogP contribution in [0.3, 0.4) is 0 Å². The van der Waals surface area contributed by atoms with Crippen molar-refractivity contribution in [2.45, 2.75) is 33.6 Å². The summed E-state index contributed by atoms with van der Waals surface area (Å²) in [5.74, 6) is 0. The molecule has 2 N–H and O–H groups in total. The molecule has 0 saturated heterocycles. The third kappa shape index (κ3) is 3.93. The van der Waals surface area contributed by atoms with Crippen molar-refractivity contribution < 1.29 is 0 Å². The molecule has 0 spiro atoms. The largest absolute Gasteiger partial charge is 0.399 e. The third-order valence-corrected chi connectivity index (χ3v) is 2.61. The molecule has 1 nitrogen and oxygen atoms in total. The molecule has 1 rings (SSSR count). The Morgan fingerprint density at radius 3 is 2.75 bits per heavy atom. The van der Waals surface area contributed by atoms with Crippen molar-refractivity contribution in [3.8, 4) is 0 Å². The van der Waals surface area contributed by atoms with E-state index in [2.05, 4.69) is 51.1 Å². The van der Waals surface area contributed by atoms with Crippen molar-refractivity contribution in [1.29, 1.82) is 0 Å². The summed E-state index contributed by atoms with van der Waals surface area (Å²) < 4.78 is 0. The van der Waals surface area contributed by atoms with E-state index in [0.717, 1.165) is 18.5 Å². The van der Waals surface area contributed by atoms with E-state index < -0.39 is 0 Å². The van der Waals surface area contributed by atoms with Crippen molar-refractivity contribution in [2.75, 3.05) is 0 Å². The minimum Gasteiger partial charge on any atom is -0.399 e. The summed E-state index contributed by atoms with van der Waals surface area (Å²) in [5.41, 5.74) is 10.7. The molecule has 86 valence electrons. The molecule has 1 aromatic rings. The van der Waals surface area contributed by atoms with Crippen LogP contribution in [0.15, 0.2) is 42.1 Å². The fourth-order valence-electron chi connectivity index (χ4n) is 1.57. The van der Waals surface area contributed by atoms with Crippen LogP contribution in [0.2, 0.25) is 0 Å². The first-order valence-electron chi connectivity index (χ1n) is 5.81. The fourth-order valence-corrected chi connectivity index (χ4v) is 1.57. The van der Waals surface area contributed by atoms with Crippen molar-refractivity contribution in [3.63, 3.8) is 0 Å². The lowest BCUT2D eigenvalue weighted by atomic mass is 10.0. The predicted octanol–water partition coefficient (Wildman–Crippen LogP) is 3.65. The molecule has 16 heavy (non-hydrogen) atoms. The smallest absolute Gasteiger partial charge is 0.0273 e. The van der Waals surface area contributed by atoms with Gasteiger partial charge in [0.2, 0.25) is 0 Å². The molecular weight excluding hydrogens is 194 g/mol. The van der Waals surface area contributed by atoms with E-state index in [0.29, 0.717) is 0 Å². The monoisotopic (exact) mass is 215 g/mol. The lowest BCUT2D eigenvalue weighted by molar-refractivity contribution is 1.16. The van der Waals surface area contributed by atoms with E-state index in [1.807, 2.05) is 6.08 Å². The molecule has 1 heteroatoms. The predicted molar refractivity (Wildman–Crippen MR) is 71.3 cm³/mol. The third-order valence-electron chi connectivity index (χ3n) is 2.61. The lowest BCUT2D eigenvalue weighted by Crippen LogP contribution is -1.95. The molecule has 0 unspecified atom stereocenters. The molecule has 0 heterocycles. The van der Waals surface area contributed by atoms with Gasteiger partial charge in [-0.15, -0.1) is 0 Å². The Morgan fingerprint density at radius 2 is 2.06 bits per heavy atom. The average Bonchev–Trinajstić information content (AvgIpc) is 2.27. The second-order valence-electron chi connectivity index (χ2n) is 4.15. The van der Waals surface area contributed by atoms with Crippen LogP contribution in [0.4, 0.5) is 0 Å². The van der Waals surface area contributed by atoms with Gasteiger partial charge in [-0.2, -0.15) is 0 Å². The zero-order valence-corrected chi connectivity index (χ0v) is 10.5. The van der Waals surface area contributed by atoms with E-state index >= 15 is 0 Å². The maximum absolute atomic E-state index is 5.87. The first-order chi connectivity index (χ1) is 7.63. The highest BCUT2D eigenvalue weighted by atomic mass is 14.5. The summed E-state index contributed by atoms with van der Waals surface area (Å²) in [6.45, 7) is 6.36. The number of rotatable bonds is 4. The fraction of sp³-hybridized carbons (Fsp3) is 0.333. The van der Waals surface area contributed by atoms with Gasteiger partial charge < -0.3 is 5.73 Å². The minimum absolute atomic E-state index is 0.850. The molecule has 0 saturated carbocycles. The molecule has 0 fully saturated rings. The second kappa shape index (κ2) is 6.16. The topological polar surface area (TPSA) is 26.0 Å². The van der Waals surface area contributed by atoms with E-state index in [1.165, 1.54) is 16.7 Å². The zero-order chi connectivity index (χ0) is 12.0. The molecule has 0 aliphatic heterocycles. The Bertz CT molecular complexity index is 400. The van der Waals surface area contributed by atoms with Crippen LogP contribution < -0.4 is 5.73 Å². The Labute approximate surface area is 98.7 Å². The van der Waals surface area contributed by atoms with E-state index in [9.17, 15) is 0 Å². The van der Waals surface area contributed by atoms with Gasteiger partial charge in [0.25, 0.3) is 0 Å². The molecule has 0 amide bonds. The van der Waals surface area contributed by atoms with Gasteiger partial charge in [-0.25, -0.2) is 0 Å². The highest BCUT2D eigenvalue weighted by Gasteiger charge is 1.96. The van der Waals surface area contributed by atoms with Crippen molar-refractivity contribution >= 4 is 0 Å². The zero-order valence-electron chi connectivity index (χ0n) is 10.5. The summed E-state index contributed by atoms with van der Waals surface area (Å²) >= 11 is 0. The van der Waals surface area contributed by atoms with Gasteiger partial charge in [-0.3, -0.25) is 0 Å². The van der Waals surface area contributed by atoms with Gasteiger partial charge in [-0.1, -0.05) is 42.8 Å². The maximum atomic E-state index is 5.87. The first kappa shape index (κ1) is 12.6. The maximum Gasteiger partial charge on any atom is 0.0273 e. The lowest BCUT2D eigenvalue weighted by Gasteiger charge is -2.04. The second-order valence-corrected chi connectivity index (χ2v) is 4.15. The summed E-state index contributed by atoms with van der Waals surface area (Å²) in [5, 5.41) is 0. The molecule has 0 bridgehead atoms. The summed E-state index contributed by atoms with van der Waals surface area (Å²) in [6, 6.07) is 6.53. The number of aryl methyl sites for hydroxylation is 2. The normalized spacial score (nSPS) is 12.3. The average molecular weight is 215 g/mol. The van der Waals surface area contributed by atoms with Crippen LogP contribution in [0.1, 0.15) is 30.0 Å². The molecule has 0 aliphatic carbocycles. The van der Waals surface area contributed by atoms with Gasteiger partial charge in [-0.05, 0) is 43.9 Å². The number of nitrogens with two attached hydrogens (primary N) is 1. The molecule has 0 atom stereocenters. The van der Waals surface area contributed by atoms with Crippen molar-refractivity contribution in [3.05, 3.63) is 58.8 Å². The van der Waals surface area contributed by atoms with Gasteiger partial charge in [0.05, 0.1) is 0 Å². The first-order valence-corrected chi connectivity index (χ1v) is 5.81. The number of benzene rings is 1. The van der Waals surface area contributed by atoms with Crippen LogP contribution in [0, 0.1) is 13.8 Å². The highest BCUT2D eigenvalue weighted by Crippen LogP contribution is 2.12.